The molecule has 1 aliphatic heterocycles. The van der Waals surface area contributed by atoms with Crippen molar-refractivity contribution in [2.75, 3.05) is 6.54 Å². The highest BCUT2D eigenvalue weighted by Gasteiger charge is 2.21. The second-order valence-corrected chi connectivity index (χ2v) is 6.65. The number of hydrogen-bond donors (Lipinski definition) is 1. The highest BCUT2D eigenvalue weighted by atomic mass is 16.1. The zero-order valence-corrected chi connectivity index (χ0v) is 14.3. The zero-order valence-electron chi connectivity index (χ0n) is 14.3. The van der Waals surface area contributed by atoms with Gasteiger partial charge < -0.3 is 4.98 Å². The molecule has 1 N–H and O–H groups in total. The summed E-state index contributed by atoms with van der Waals surface area (Å²) in [6.07, 6.45) is 0.749. The lowest BCUT2D eigenvalue weighted by atomic mass is 10.0. The minimum Gasteiger partial charge on any atom is -0.306 e. The van der Waals surface area contributed by atoms with Gasteiger partial charge in [-0.3, -0.25) is 9.69 Å². The maximum absolute atomic E-state index is 12.4. The van der Waals surface area contributed by atoms with Crippen molar-refractivity contribution in [3.63, 3.8) is 0 Å². The molecule has 2 heterocycles. The molecule has 0 radical (unpaired) electrons. The van der Waals surface area contributed by atoms with Crippen molar-refractivity contribution in [1.82, 2.24) is 14.9 Å². The molecule has 3 aromatic rings. The third kappa shape index (κ3) is 3.39. The average molecular weight is 331 g/mol. The van der Waals surface area contributed by atoms with E-state index < -0.39 is 0 Å². The first-order valence-corrected chi connectivity index (χ1v) is 8.64. The summed E-state index contributed by atoms with van der Waals surface area (Å²) >= 11 is 0. The van der Waals surface area contributed by atoms with Gasteiger partial charge in [0.25, 0.3) is 5.56 Å². The molecular weight excluding hydrogens is 310 g/mol. The molecule has 0 fully saturated rings. The van der Waals surface area contributed by atoms with Crippen LogP contribution in [0.15, 0.2) is 59.4 Å². The van der Waals surface area contributed by atoms with E-state index in [-0.39, 0.29) is 5.56 Å². The fourth-order valence-corrected chi connectivity index (χ4v) is 3.31. The quantitative estimate of drug-likeness (QED) is 0.801. The van der Waals surface area contributed by atoms with Crippen LogP contribution in [0, 0.1) is 6.92 Å². The van der Waals surface area contributed by atoms with Crippen LogP contribution < -0.4 is 5.56 Å². The monoisotopic (exact) mass is 331 g/mol. The standard InChI is InChI=1S/C21H21N3O/c1-15-7-9-16(10-8-15)13-24-12-11-18-19(14-24)22-20(23-21(18)25)17-5-3-2-4-6-17/h2-10H,11-14H2,1H3,(H,22,23,25). The number of rotatable bonds is 3. The molecule has 0 unspecified atom stereocenters. The summed E-state index contributed by atoms with van der Waals surface area (Å²) in [5.41, 5.74) is 5.24. The average Bonchev–Trinajstić information content (AvgIpc) is 2.64. The van der Waals surface area contributed by atoms with Crippen LogP contribution in [0.5, 0.6) is 0 Å². The number of benzene rings is 2. The SMILES string of the molecule is Cc1ccc(CN2CCc3c(nc(-c4ccccc4)[nH]c3=O)C2)cc1. The molecule has 126 valence electrons. The lowest BCUT2D eigenvalue weighted by Crippen LogP contribution is -2.35. The Labute approximate surface area is 147 Å². The fraction of sp³-hybridized carbons (Fsp3) is 0.238. The van der Waals surface area contributed by atoms with Gasteiger partial charge in [0.05, 0.1) is 5.69 Å². The van der Waals surface area contributed by atoms with Gasteiger partial charge in [-0.05, 0) is 18.9 Å². The van der Waals surface area contributed by atoms with Crippen LogP contribution in [0.1, 0.15) is 22.4 Å². The Hall–Kier alpha value is -2.72. The molecule has 0 bridgehead atoms. The summed E-state index contributed by atoms with van der Waals surface area (Å²) in [5.74, 6) is 0.654. The molecule has 0 amide bonds. The van der Waals surface area contributed by atoms with E-state index in [1.807, 2.05) is 30.3 Å². The van der Waals surface area contributed by atoms with Crippen LogP contribution in [0.3, 0.4) is 0 Å². The number of hydrogen-bond acceptors (Lipinski definition) is 3. The number of fused-ring (bicyclic) bond motifs is 1. The smallest absolute Gasteiger partial charge is 0.254 e. The summed E-state index contributed by atoms with van der Waals surface area (Å²) < 4.78 is 0. The van der Waals surface area contributed by atoms with Crippen LogP contribution in [-0.2, 0) is 19.5 Å². The topological polar surface area (TPSA) is 49.0 Å². The molecule has 4 nitrogen and oxygen atoms in total. The van der Waals surface area contributed by atoms with Crippen molar-refractivity contribution in [1.29, 1.82) is 0 Å². The molecule has 4 heteroatoms. The number of aryl methyl sites for hydroxylation is 1. The van der Waals surface area contributed by atoms with Crippen molar-refractivity contribution in [3.8, 4) is 11.4 Å². The molecule has 0 aliphatic carbocycles. The van der Waals surface area contributed by atoms with Gasteiger partial charge in [0.15, 0.2) is 0 Å². The largest absolute Gasteiger partial charge is 0.306 e. The lowest BCUT2D eigenvalue weighted by Gasteiger charge is -2.27. The van der Waals surface area contributed by atoms with Crippen molar-refractivity contribution < 1.29 is 0 Å². The van der Waals surface area contributed by atoms with Crippen molar-refractivity contribution in [2.45, 2.75) is 26.4 Å². The van der Waals surface area contributed by atoms with Crippen LogP contribution in [0.4, 0.5) is 0 Å². The van der Waals surface area contributed by atoms with E-state index in [4.69, 9.17) is 4.98 Å². The minimum atomic E-state index is -0.00108. The second kappa shape index (κ2) is 6.65. The zero-order chi connectivity index (χ0) is 17.2. The van der Waals surface area contributed by atoms with Gasteiger partial charge in [0.2, 0.25) is 0 Å². The summed E-state index contributed by atoms with van der Waals surface area (Å²) in [6, 6.07) is 18.4. The van der Waals surface area contributed by atoms with Crippen LogP contribution in [0.2, 0.25) is 0 Å². The van der Waals surface area contributed by atoms with E-state index in [1.165, 1.54) is 11.1 Å². The number of aromatic nitrogens is 2. The second-order valence-electron chi connectivity index (χ2n) is 6.65. The molecule has 1 aromatic heterocycles. The van der Waals surface area contributed by atoms with Crippen LogP contribution >= 0.6 is 0 Å². The van der Waals surface area contributed by atoms with E-state index >= 15 is 0 Å². The fourth-order valence-electron chi connectivity index (χ4n) is 3.31. The summed E-state index contributed by atoms with van der Waals surface area (Å²) in [6.45, 7) is 4.58. The molecule has 0 saturated heterocycles. The van der Waals surface area contributed by atoms with E-state index in [9.17, 15) is 4.79 Å². The van der Waals surface area contributed by atoms with Crippen LogP contribution in [0.25, 0.3) is 11.4 Å². The van der Waals surface area contributed by atoms with Crippen molar-refractivity contribution in [3.05, 3.63) is 87.3 Å². The lowest BCUT2D eigenvalue weighted by molar-refractivity contribution is 0.240. The van der Waals surface area contributed by atoms with Crippen molar-refractivity contribution in [2.24, 2.45) is 0 Å². The minimum absolute atomic E-state index is 0.00108. The highest BCUT2D eigenvalue weighted by molar-refractivity contribution is 5.54. The summed E-state index contributed by atoms with van der Waals surface area (Å²) in [4.78, 5) is 22.5. The molecule has 4 rings (SSSR count). The maximum Gasteiger partial charge on any atom is 0.254 e. The summed E-state index contributed by atoms with van der Waals surface area (Å²) in [7, 11) is 0. The molecule has 25 heavy (non-hydrogen) atoms. The third-order valence-electron chi connectivity index (χ3n) is 4.73. The van der Waals surface area contributed by atoms with E-state index in [1.54, 1.807) is 0 Å². The Morgan fingerprint density at radius 2 is 1.84 bits per heavy atom. The summed E-state index contributed by atoms with van der Waals surface area (Å²) in [5, 5.41) is 0. The van der Waals surface area contributed by atoms with Gasteiger partial charge in [-0.1, -0.05) is 60.2 Å². The van der Waals surface area contributed by atoms with E-state index in [0.717, 1.165) is 36.3 Å². The van der Waals surface area contributed by atoms with Gasteiger partial charge in [0.1, 0.15) is 5.82 Å². The normalized spacial score (nSPS) is 14.3. The van der Waals surface area contributed by atoms with Crippen molar-refractivity contribution >= 4 is 0 Å². The van der Waals surface area contributed by atoms with Gasteiger partial charge in [-0.15, -0.1) is 0 Å². The maximum atomic E-state index is 12.4. The van der Waals surface area contributed by atoms with E-state index in [2.05, 4.69) is 41.1 Å². The Morgan fingerprint density at radius 3 is 2.60 bits per heavy atom. The van der Waals surface area contributed by atoms with Gasteiger partial charge in [-0.25, -0.2) is 4.98 Å². The Kier molecular flexibility index (Phi) is 4.20. The first kappa shape index (κ1) is 15.8. The molecule has 0 spiro atoms. The third-order valence-corrected chi connectivity index (χ3v) is 4.73. The van der Waals surface area contributed by atoms with Gasteiger partial charge in [-0.2, -0.15) is 0 Å². The molecule has 0 atom stereocenters. The first-order chi connectivity index (χ1) is 12.2. The number of H-pyrrole nitrogens is 1. The number of nitrogens with one attached hydrogen (secondary N) is 1. The molecular formula is C21H21N3O. The molecule has 2 aromatic carbocycles. The van der Waals surface area contributed by atoms with E-state index in [0.29, 0.717) is 12.4 Å². The molecule has 1 aliphatic rings. The molecule has 0 saturated carbocycles. The first-order valence-electron chi connectivity index (χ1n) is 8.64. The highest BCUT2D eigenvalue weighted by Crippen LogP contribution is 2.20. The van der Waals surface area contributed by atoms with Gasteiger partial charge in [0, 0.05) is 30.8 Å². The number of nitrogens with zero attached hydrogens (tertiary/aromatic N) is 2. The Morgan fingerprint density at radius 1 is 1.08 bits per heavy atom. The van der Waals surface area contributed by atoms with Gasteiger partial charge >= 0.3 is 0 Å². The van der Waals surface area contributed by atoms with Crippen LogP contribution in [-0.4, -0.2) is 21.4 Å². The Balaban J connectivity index is 1.60. The predicted molar refractivity (Wildman–Crippen MR) is 99.3 cm³/mol. The number of aromatic amines is 1. The predicted octanol–water partition coefficient (Wildman–Crippen LogP) is 3.30. The Bertz CT molecular complexity index is 930.